The topological polar surface area (TPSA) is 84.1 Å². The maximum Gasteiger partial charge on any atom is 0.253 e. The Hall–Kier alpha value is -3.28. The molecule has 0 saturated carbocycles. The van der Waals surface area contributed by atoms with Crippen LogP contribution in [0.5, 0.6) is 0 Å². The highest BCUT2D eigenvalue weighted by Gasteiger charge is 2.13. The number of para-hydroxylation sites is 1. The largest absolute Gasteiger partial charge is 0.461 e. The Morgan fingerprint density at radius 2 is 2.09 bits per heavy atom. The van der Waals surface area contributed by atoms with Crippen LogP contribution < -0.4 is 5.32 Å². The third kappa shape index (κ3) is 2.50. The summed E-state index contributed by atoms with van der Waals surface area (Å²) in [6, 6.07) is 13.0. The van der Waals surface area contributed by atoms with Crippen molar-refractivity contribution < 1.29 is 13.7 Å². The highest BCUT2D eigenvalue weighted by molar-refractivity contribution is 6.06. The number of fused-ring (bicyclic) bond motifs is 1. The van der Waals surface area contributed by atoms with Crippen LogP contribution in [0.25, 0.3) is 22.4 Å². The van der Waals surface area contributed by atoms with Gasteiger partial charge in [-0.05, 0) is 18.2 Å². The fourth-order valence-electron chi connectivity index (χ4n) is 2.46. The molecule has 6 heteroatoms. The number of H-pyrrole nitrogens is 1. The van der Waals surface area contributed by atoms with Crippen LogP contribution in [0.2, 0.25) is 0 Å². The van der Waals surface area contributed by atoms with Crippen molar-refractivity contribution >= 4 is 16.8 Å². The fourth-order valence-corrected chi connectivity index (χ4v) is 2.46. The first-order chi connectivity index (χ1) is 11.3. The lowest BCUT2D eigenvalue weighted by Crippen LogP contribution is -2.22. The lowest BCUT2D eigenvalue weighted by molar-refractivity contribution is 0.0952. The van der Waals surface area contributed by atoms with Crippen LogP contribution in [0.4, 0.5) is 0 Å². The molecule has 3 aromatic heterocycles. The minimum atomic E-state index is -0.162. The van der Waals surface area contributed by atoms with Crippen molar-refractivity contribution in [1.29, 1.82) is 0 Å². The number of hydrogen-bond acceptors (Lipinski definition) is 4. The van der Waals surface area contributed by atoms with Crippen molar-refractivity contribution in [2.45, 2.75) is 6.54 Å². The van der Waals surface area contributed by atoms with Gasteiger partial charge in [0, 0.05) is 23.2 Å². The number of aromatic nitrogens is 2. The zero-order valence-electron chi connectivity index (χ0n) is 12.1. The Labute approximate surface area is 131 Å². The van der Waals surface area contributed by atoms with E-state index in [-0.39, 0.29) is 12.5 Å². The standard InChI is InChI=1S/C17H13N3O3/c21-17(13-10-18-14-5-2-1-4-12(13)14)19-9-11-8-16(23-20-11)15-6-3-7-22-15/h1-8,10,18H,9H2,(H,19,21). The second kappa shape index (κ2) is 5.49. The molecule has 0 unspecified atom stereocenters. The predicted octanol–water partition coefficient (Wildman–Crippen LogP) is 3.35. The van der Waals surface area contributed by atoms with E-state index in [0.717, 1.165) is 10.9 Å². The lowest BCUT2D eigenvalue weighted by atomic mass is 10.1. The third-order valence-corrected chi connectivity index (χ3v) is 3.59. The maximum absolute atomic E-state index is 12.3. The third-order valence-electron chi connectivity index (χ3n) is 3.59. The van der Waals surface area contributed by atoms with Gasteiger partial charge in [0.2, 0.25) is 5.76 Å². The molecule has 2 N–H and O–H groups in total. The zero-order chi connectivity index (χ0) is 15.6. The molecule has 0 spiro atoms. The summed E-state index contributed by atoms with van der Waals surface area (Å²) in [5.74, 6) is 0.975. The second-order valence-electron chi connectivity index (χ2n) is 5.09. The van der Waals surface area contributed by atoms with Gasteiger partial charge in [-0.15, -0.1) is 0 Å². The Kier molecular flexibility index (Phi) is 3.20. The number of carbonyl (C=O) groups excluding carboxylic acids is 1. The van der Waals surface area contributed by atoms with Crippen molar-refractivity contribution in [1.82, 2.24) is 15.5 Å². The second-order valence-corrected chi connectivity index (χ2v) is 5.09. The normalized spacial score (nSPS) is 11.0. The molecule has 23 heavy (non-hydrogen) atoms. The van der Waals surface area contributed by atoms with Gasteiger partial charge in [0.05, 0.1) is 18.4 Å². The number of amides is 1. The number of aromatic amines is 1. The smallest absolute Gasteiger partial charge is 0.253 e. The molecule has 0 radical (unpaired) electrons. The van der Waals surface area contributed by atoms with E-state index >= 15 is 0 Å². The molecule has 4 aromatic rings. The summed E-state index contributed by atoms with van der Waals surface area (Å²) < 4.78 is 10.4. The van der Waals surface area contributed by atoms with E-state index in [4.69, 9.17) is 8.94 Å². The molecule has 0 aliphatic carbocycles. The molecule has 114 valence electrons. The average molecular weight is 307 g/mol. The van der Waals surface area contributed by atoms with E-state index in [1.807, 2.05) is 24.3 Å². The van der Waals surface area contributed by atoms with Gasteiger partial charge in [-0.1, -0.05) is 23.4 Å². The summed E-state index contributed by atoms with van der Waals surface area (Å²) in [6.07, 6.45) is 3.27. The van der Waals surface area contributed by atoms with E-state index < -0.39 is 0 Å². The number of benzene rings is 1. The van der Waals surface area contributed by atoms with Crippen molar-refractivity contribution in [3.63, 3.8) is 0 Å². The minimum absolute atomic E-state index is 0.162. The summed E-state index contributed by atoms with van der Waals surface area (Å²) in [5.41, 5.74) is 2.17. The molecular weight excluding hydrogens is 294 g/mol. The quantitative estimate of drug-likeness (QED) is 0.605. The monoisotopic (exact) mass is 307 g/mol. The van der Waals surface area contributed by atoms with Crippen molar-refractivity contribution in [3.05, 3.63) is 66.2 Å². The van der Waals surface area contributed by atoms with Gasteiger partial charge in [-0.2, -0.15) is 0 Å². The van der Waals surface area contributed by atoms with Gasteiger partial charge in [0.1, 0.15) is 5.69 Å². The van der Waals surface area contributed by atoms with Crippen LogP contribution in [-0.2, 0) is 6.54 Å². The Balaban J connectivity index is 1.48. The zero-order valence-corrected chi connectivity index (χ0v) is 12.1. The molecule has 0 saturated heterocycles. The SMILES string of the molecule is O=C(NCc1cc(-c2ccco2)on1)c1c[nH]c2ccccc12. The van der Waals surface area contributed by atoms with Crippen LogP contribution in [0.3, 0.4) is 0 Å². The molecule has 4 rings (SSSR count). The van der Waals surface area contributed by atoms with Crippen LogP contribution in [-0.4, -0.2) is 16.0 Å². The van der Waals surface area contributed by atoms with Gasteiger partial charge in [0.25, 0.3) is 5.91 Å². The molecule has 0 bridgehead atoms. The average Bonchev–Trinajstić information content (AvgIpc) is 3.31. The molecule has 0 fully saturated rings. The summed E-state index contributed by atoms with van der Waals surface area (Å²) in [4.78, 5) is 15.4. The van der Waals surface area contributed by atoms with Crippen molar-refractivity contribution in [2.75, 3.05) is 0 Å². The van der Waals surface area contributed by atoms with Crippen molar-refractivity contribution in [2.24, 2.45) is 0 Å². The molecule has 1 amide bonds. The number of rotatable bonds is 4. The first-order valence-electron chi connectivity index (χ1n) is 7.15. The van der Waals surface area contributed by atoms with Gasteiger partial charge in [0.15, 0.2) is 5.76 Å². The van der Waals surface area contributed by atoms with Crippen LogP contribution in [0, 0.1) is 0 Å². The minimum Gasteiger partial charge on any atom is -0.461 e. The Morgan fingerprint density at radius 1 is 1.17 bits per heavy atom. The fraction of sp³-hybridized carbons (Fsp3) is 0.0588. The number of nitrogens with one attached hydrogen (secondary N) is 2. The summed E-state index contributed by atoms with van der Waals surface area (Å²) in [5, 5.41) is 7.66. The van der Waals surface area contributed by atoms with Gasteiger partial charge >= 0.3 is 0 Å². The Bertz CT molecular complexity index is 950. The van der Waals surface area contributed by atoms with E-state index in [9.17, 15) is 4.79 Å². The lowest BCUT2D eigenvalue weighted by Gasteiger charge is -2.01. The van der Waals surface area contributed by atoms with Crippen LogP contribution in [0.1, 0.15) is 16.1 Å². The molecule has 0 atom stereocenters. The van der Waals surface area contributed by atoms with Gasteiger partial charge in [-0.3, -0.25) is 4.79 Å². The van der Waals surface area contributed by atoms with E-state index in [2.05, 4.69) is 15.5 Å². The van der Waals surface area contributed by atoms with E-state index in [0.29, 0.717) is 22.8 Å². The number of furan rings is 1. The number of carbonyl (C=O) groups is 1. The molecule has 6 nitrogen and oxygen atoms in total. The highest BCUT2D eigenvalue weighted by atomic mass is 16.5. The first kappa shape index (κ1) is 13.4. The van der Waals surface area contributed by atoms with E-state index in [1.165, 1.54) is 0 Å². The maximum atomic E-state index is 12.3. The molecule has 0 aliphatic heterocycles. The summed E-state index contributed by atoms with van der Waals surface area (Å²) in [7, 11) is 0. The first-order valence-corrected chi connectivity index (χ1v) is 7.15. The van der Waals surface area contributed by atoms with Gasteiger partial charge in [-0.25, -0.2) is 0 Å². The Morgan fingerprint density at radius 3 is 2.96 bits per heavy atom. The summed E-state index contributed by atoms with van der Waals surface area (Å²) in [6.45, 7) is 0.280. The highest BCUT2D eigenvalue weighted by Crippen LogP contribution is 2.21. The molecule has 0 aliphatic rings. The molecule has 3 heterocycles. The van der Waals surface area contributed by atoms with E-state index in [1.54, 1.807) is 30.7 Å². The van der Waals surface area contributed by atoms with Gasteiger partial charge < -0.3 is 19.2 Å². The van der Waals surface area contributed by atoms with Crippen LogP contribution >= 0.6 is 0 Å². The van der Waals surface area contributed by atoms with Crippen LogP contribution in [0.15, 0.2) is 63.9 Å². The van der Waals surface area contributed by atoms with Crippen molar-refractivity contribution in [3.8, 4) is 11.5 Å². The number of hydrogen-bond donors (Lipinski definition) is 2. The predicted molar refractivity (Wildman–Crippen MR) is 83.7 cm³/mol. The summed E-state index contributed by atoms with van der Waals surface area (Å²) >= 11 is 0. The molecular formula is C17H13N3O3. The molecule has 1 aromatic carbocycles. The number of nitrogens with zero attached hydrogens (tertiary/aromatic N) is 1.